The van der Waals surface area contributed by atoms with Gasteiger partial charge in [0.1, 0.15) is 0 Å². The van der Waals surface area contributed by atoms with Crippen LogP contribution in [0.15, 0.2) is 90.6 Å². The van der Waals surface area contributed by atoms with Gasteiger partial charge in [-0.2, -0.15) is 29.3 Å². The Kier molecular flexibility index (Phi) is 12.0. The summed E-state index contributed by atoms with van der Waals surface area (Å²) in [5.74, 6) is 2.24. The average molecular weight is 742 g/mol. The van der Waals surface area contributed by atoms with Gasteiger partial charge in [-0.15, -0.1) is 20.1 Å². The molecule has 40 heavy (non-hydrogen) atoms. The summed E-state index contributed by atoms with van der Waals surface area (Å²) >= 11 is 0. The average Bonchev–Trinajstić information content (AvgIpc) is 3.51. The molecule has 0 aromatic heterocycles. The molecule has 3 heteroatoms. The zero-order valence-corrected chi connectivity index (χ0v) is 31.2. The van der Waals surface area contributed by atoms with E-state index in [1.807, 2.05) is 12.1 Å². The molecule has 0 heterocycles. The van der Waals surface area contributed by atoms with E-state index in [4.69, 9.17) is 0 Å². The number of aryl methyl sites for hydroxylation is 1. The van der Waals surface area contributed by atoms with E-state index in [0.717, 1.165) is 6.42 Å². The first-order valence-corrected chi connectivity index (χ1v) is 14.1. The van der Waals surface area contributed by atoms with Gasteiger partial charge in [0, 0.05) is 0 Å². The van der Waals surface area contributed by atoms with Crippen molar-refractivity contribution in [1.82, 2.24) is 0 Å². The first kappa shape index (κ1) is 36.9. The molecule has 1 saturated carbocycles. The van der Waals surface area contributed by atoms with Crippen LogP contribution in [0.25, 0.3) is 5.57 Å². The third kappa shape index (κ3) is 5.05. The Hall–Kier alpha value is -1.15. The predicted molar refractivity (Wildman–Crippen MR) is 162 cm³/mol. The number of hydrogen-bond acceptors (Lipinski definition) is 0. The zero-order chi connectivity index (χ0) is 27.4. The summed E-state index contributed by atoms with van der Waals surface area (Å²) in [4.78, 5) is 0. The fraction of sp³-hybridized carbons (Fsp3) is 0.459. The van der Waals surface area contributed by atoms with Crippen molar-refractivity contribution in [2.75, 3.05) is 0 Å². The van der Waals surface area contributed by atoms with Gasteiger partial charge in [0.05, 0.1) is 0 Å². The molecule has 0 bridgehead atoms. The predicted octanol–water partition coefficient (Wildman–Crippen LogP) is 4.49. The Morgan fingerprint density at radius 2 is 1.55 bits per heavy atom. The molecule has 0 spiro atoms. The molecule has 6 rings (SSSR count). The molecule has 2 unspecified atom stereocenters. The molecule has 0 amide bonds. The van der Waals surface area contributed by atoms with Crippen LogP contribution in [0.3, 0.4) is 0 Å². The van der Waals surface area contributed by atoms with Crippen LogP contribution >= 0.6 is 0 Å². The normalized spacial score (nSPS) is 25.5. The molecule has 2 aromatic carbocycles. The summed E-state index contributed by atoms with van der Waals surface area (Å²) in [6, 6.07) is 17.4. The zero-order valence-electron chi connectivity index (χ0n) is 26.1. The van der Waals surface area contributed by atoms with Crippen molar-refractivity contribution in [3.05, 3.63) is 113 Å². The summed E-state index contributed by atoms with van der Waals surface area (Å²) in [5, 5.41) is 0. The number of benzene rings is 1. The van der Waals surface area contributed by atoms with Gasteiger partial charge in [0.15, 0.2) is 0 Å². The molecule has 4 aliphatic carbocycles. The second kappa shape index (κ2) is 13.0. The molecule has 0 aliphatic heterocycles. The number of rotatable bonds is 0. The fourth-order valence-corrected chi connectivity index (χ4v) is 8.04. The van der Waals surface area contributed by atoms with E-state index in [1.165, 1.54) is 29.5 Å². The SMILES string of the molecule is C=C.C[C-]1C2=C3Cc4ccccc4C3=C3C=CCCC3C2(C)C(C)(C)C(C)(C)C1(C)C.Cc1cc[cH-]c1.[Cl-].[Cl-].[Hf+4]. The monoisotopic (exact) mass is 742 g/mol. The van der Waals surface area contributed by atoms with Crippen LogP contribution in [-0.4, -0.2) is 0 Å². The van der Waals surface area contributed by atoms with Gasteiger partial charge in [-0.25, -0.2) is 17.5 Å². The van der Waals surface area contributed by atoms with E-state index in [0.29, 0.717) is 5.92 Å². The van der Waals surface area contributed by atoms with Crippen LogP contribution in [0.4, 0.5) is 0 Å². The van der Waals surface area contributed by atoms with E-state index in [1.54, 1.807) is 28.2 Å². The third-order valence-electron chi connectivity index (χ3n) is 11.6. The maximum atomic E-state index is 3.00. The van der Waals surface area contributed by atoms with Crippen LogP contribution in [0.2, 0.25) is 0 Å². The molecule has 0 nitrogen and oxygen atoms in total. The van der Waals surface area contributed by atoms with Crippen LogP contribution in [0, 0.1) is 40.4 Å². The van der Waals surface area contributed by atoms with E-state index in [-0.39, 0.29) is 72.3 Å². The Morgan fingerprint density at radius 3 is 2.10 bits per heavy atom. The minimum Gasteiger partial charge on any atom is -1.00 e. The molecule has 0 N–H and O–H groups in total. The quantitative estimate of drug-likeness (QED) is 0.213. The Balaban J connectivity index is 0.000000641. The summed E-state index contributed by atoms with van der Waals surface area (Å²) < 4.78 is 0. The molecule has 0 radical (unpaired) electrons. The van der Waals surface area contributed by atoms with Gasteiger partial charge in [0.2, 0.25) is 0 Å². The maximum Gasteiger partial charge on any atom is 4.00 e. The second-order valence-electron chi connectivity index (χ2n) is 13.2. The summed E-state index contributed by atoms with van der Waals surface area (Å²) in [6.07, 6.45) is 8.50. The molecule has 1 fully saturated rings. The van der Waals surface area contributed by atoms with Crippen molar-refractivity contribution in [2.45, 2.75) is 81.6 Å². The molecule has 214 valence electrons. The molecule has 2 atom stereocenters. The molecule has 0 saturated heterocycles. The summed E-state index contributed by atoms with van der Waals surface area (Å²) in [6.45, 7) is 28.4. The first-order chi connectivity index (χ1) is 17.4. The molecule has 2 aromatic rings. The molecular formula is C37H48Cl2Hf. The van der Waals surface area contributed by atoms with Crippen molar-refractivity contribution >= 4 is 5.57 Å². The topological polar surface area (TPSA) is 0 Å². The third-order valence-corrected chi connectivity index (χ3v) is 11.6. The number of hydrogen-bond donors (Lipinski definition) is 0. The minimum absolute atomic E-state index is 0. The van der Waals surface area contributed by atoms with Crippen LogP contribution in [-0.2, 0) is 32.3 Å². The van der Waals surface area contributed by atoms with Crippen molar-refractivity contribution in [2.24, 2.45) is 27.6 Å². The van der Waals surface area contributed by atoms with E-state index >= 15 is 0 Å². The van der Waals surface area contributed by atoms with Crippen LogP contribution < -0.4 is 24.8 Å². The number of allylic oxidation sites excluding steroid dienone is 6. The van der Waals surface area contributed by atoms with E-state index < -0.39 is 0 Å². The van der Waals surface area contributed by atoms with Gasteiger partial charge in [-0.05, 0) is 40.6 Å². The largest absolute Gasteiger partial charge is 4.00 e. The summed E-state index contributed by atoms with van der Waals surface area (Å²) in [7, 11) is 0. The smallest absolute Gasteiger partial charge is 1.00 e. The summed E-state index contributed by atoms with van der Waals surface area (Å²) in [5.41, 5.74) is 11.6. The minimum atomic E-state index is 0. The Morgan fingerprint density at radius 1 is 0.925 bits per heavy atom. The van der Waals surface area contributed by atoms with Crippen LogP contribution in [0.5, 0.6) is 0 Å². The van der Waals surface area contributed by atoms with Crippen molar-refractivity contribution < 1.29 is 50.7 Å². The Labute approximate surface area is 276 Å². The van der Waals surface area contributed by atoms with Crippen molar-refractivity contribution in [3.63, 3.8) is 0 Å². The Bertz CT molecular complexity index is 1250. The van der Waals surface area contributed by atoms with Crippen LogP contribution in [0.1, 0.15) is 84.9 Å². The standard InChI is InChI=1S/C29H37.C6H7.C2H4.2ClH.Hf/c1-18-25-22-17-19-13-9-10-14-20(19)24(22)21-15-11-12-16-23(21)29(25,8)28(6,7)27(4,5)26(18,2)3;1-6-4-2-3-5-6;1-2;;;/h9-11,13-15,23H,12,16-17H2,1-8H3;2-5H,1H3;1-2H2;2*1H;/q2*-1;;;;+4/p-2. The van der Waals surface area contributed by atoms with Crippen molar-refractivity contribution in [3.8, 4) is 0 Å². The second-order valence-corrected chi connectivity index (χ2v) is 13.2. The van der Waals surface area contributed by atoms with Gasteiger partial charge >= 0.3 is 25.8 Å². The van der Waals surface area contributed by atoms with Gasteiger partial charge in [0.25, 0.3) is 0 Å². The van der Waals surface area contributed by atoms with Gasteiger partial charge in [-0.1, -0.05) is 120 Å². The van der Waals surface area contributed by atoms with E-state index in [2.05, 4.69) is 124 Å². The number of fused-ring (bicyclic) bond motifs is 6. The van der Waals surface area contributed by atoms with Crippen molar-refractivity contribution in [1.29, 1.82) is 0 Å². The van der Waals surface area contributed by atoms with Gasteiger partial charge < -0.3 is 24.8 Å². The maximum absolute atomic E-state index is 3.00. The van der Waals surface area contributed by atoms with E-state index in [9.17, 15) is 0 Å². The first-order valence-electron chi connectivity index (χ1n) is 14.1. The molecular weight excluding hydrogens is 694 g/mol. The fourth-order valence-electron chi connectivity index (χ4n) is 8.04. The number of halogens is 2. The molecule has 4 aliphatic rings. The van der Waals surface area contributed by atoms with Gasteiger partial charge in [-0.3, -0.25) is 0 Å².